The molecular formula is C14H19BrN2O2. The molecule has 5 heteroatoms. The van der Waals surface area contributed by atoms with Crippen molar-refractivity contribution < 1.29 is 9.90 Å². The summed E-state index contributed by atoms with van der Waals surface area (Å²) in [5.41, 5.74) is 0.783. The third-order valence-corrected chi connectivity index (χ3v) is 4.07. The van der Waals surface area contributed by atoms with E-state index in [-0.39, 0.29) is 12.0 Å². The highest BCUT2D eigenvalue weighted by molar-refractivity contribution is 9.10. The number of aliphatic hydroxyl groups is 1. The fourth-order valence-corrected chi connectivity index (χ4v) is 2.76. The van der Waals surface area contributed by atoms with Crippen molar-refractivity contribution in [2.75, 3.05) is 18.4 Å². The summed E-state index contributed by atoms with van der Waals surface area (Å²) in [7, 11) is 0. The van der Waals surface area contributed by atoms with Crippen molar-refractivity contribution in [1.29, 1.82) is 0 Å². The van der Waals surface area contributed by atoms with E-state index >= 15 is 0 Å². The number of benzene rings is 1. The molecule has 1 amide bonds. The normalized spacial score (nSPS) is 22.4. The number of amides is 1. The summed E-state index contributed by atoms with van der Waals surface area (Å²) in [6.45, 7) is 1.09. The van der Waals surface area contributed by atoms with Crippen LogP contribution in [0, 0.1) is 5.92 Å². The third kappa shape index (κ3) is 4.60. The Bertz CT molecular complexity index is 439. The summed E-state index contributed by atoms with van der Waals surface area (Å²) in [6, 6.07) is 7.54. The van der Waals surface area contributed by atoms with Crippen LogP contribution in [0.5, 0.6) is 0 Å². The smallest absolute Gasteiger partial charge is 0.238 e. The molecule has 2 unspecified atom stereocenters. The molecule has 0 saturated heterocycles. The van der Waals surface area contributed by atoms with Crippen molar-refractivity contribution in [1.82, 2.24) is 5.32 Å². The van der Waals surface area contributed by atoms with E-state index in [2.05, 4.69) is 26.6 Å². The number of anilines is 1. The monoisotopic (exact) mass is 326 g/mol. The van der Waals surface area contributed by atoms with Crippen LogP contribution in [-0.2, 0) is 4.79 Å². The number of hydrogen-bond acceptors (Lipinski definition) is 3. The van der Waals surface area contributed by atoms with Crippen LogP contribution in [0.2, 0.25) is 0 Å². The summed E-state index contributed by atoms with van der Waals surface area (Å²) in [5.74, 6) is 0.441. The van der Waals surface area contributed by atoms with Gasteiger partial charge in [0.1, 0.15) is 0 Å². The van der Waals surface area contributed by atoms with Crippen LogP contribution in [0.4, 0.5) is 5.69 Å². The van der Waals surface area contributed by atoms with E-state index in [4.69, 9.17) is 0 Å². The average molecular weight is 327 g/mol. The van der Waals surface area contributed by atoms with Gasteiger partial charge in [-0.25, -0.2) is 0 Å². The lowest BCUT2D eigenvalue weighted by Crippen LogP contribution is -2.31. The van der Waals surface area contributed by atoms with Gasteiger partial charge in [-0.1, -0.05) is 12.1 Å². The van der Waals surface area contributed by atoms with E-state index in [0.717, 1.165) is 36.0 Å². The SMILES string of the molecule is O=C(CNCC1CCC(O)C1)Nc1ccccc1Br. The fraction of sp³-hybridized carbons (Fsp3) is 0.500. The number of carbonyl (C=O) groups is 1. The first-order chi connectivity index (χ1) is 9.15. The summed E-state index contributed by atoms with van der Waals surface area (Å²) >= 11 is 3.39. The molecule has 1 aromatic carbocycles. The third-order valence-electron chi connectivity index (χ3n) is 3.38. The topological polar surface area (TPSA) is 61.4 Å². The highest BCUT2D eigenvalue weighted by Crippen LogP contribution is 2.24. The van der Waals surface area contributed by atoms with Gasteiger partial charge in [0, 0.05) is 4.47 Å². The number of carbonyl (C=O) groups excluding carboxylic acids is 1. The largest absolute Gasteiger partial charge is 0.393 e. The van der Waals surface area contributed by atoms with Gasteiger partial charge < -0.3 is 15.7 Å². The molecule has 1 saturated carbocycles. The summed E-state index contributed by atoms with van der Waals surface area (Å²) in [6.07, 6.45) is 2.62. The van der Waals surface area contributed by atoms with Gasteiger partial charge >= 0.3 is 0 Å². The molecule has 1 aromatic rings. The van der Waals surface area contributed by atoms with Crippen LogP contribution in [0.25, 0.3) is 0 Å². The molecule has 0 radical (unpaired) electrons. The summed E-state index contributed by atoms with van der Waals surface area (Å²) < 4.78 is 0.877. The molecule has 0 spiro atoms. The lowest BCUT2D eigenvalue weighted by atomic mass is 10.1. The Labute approximate surface area is 121 Å². The Kier molecular flexibility index (Phi) is 5.36. The Morgan fingerprint density at radius 3 is 2.84 bits per heavy atom. The quantitative estimate of drug-likeness (QED) is 0.776. The number of rotatable bonds is 5. The lowest BCUT2D eigenvalue weighted by molar-refractivity contribution is -0.115. The maximum absolute atomic E-state index is 11.8. The summed E-state index contributed by atoms with van der Waals surface area (Å²) in [4.78, 5) is 11.8. The zero-order valence-electron chi connectivity index (χ0n) is 10.7. The minimum atomic E-state index is -0.152. The zero-order valence-corrected chi connectivity index (χ0v) is 12.3. The molecule has 1 aliphatic rings. The van der Waals surface area contributed by atoms with Crippen molar-refractivity contribution in [3.05, 3.63) is 28.7 Å². The molecule has 0 aromatic heterocycles. The van der Waals surface area contributed by atoms with Crippen LogP contribution in [0.3, 0.4) is 0 Å². The van der Waals surface area contributed by atoms with Crippen LogP contribution < -0.4 is 10.6 Å². The van der Waals surface area contributed by atoms with Crippen molar-refractivity contribution in [2.24, 2.45) is 5.92 Å². The minimum Gasteiger partial charge on any atom is -0.393 e. The highest BCUT2D eigenvalue weighted by atomic mass is 79.9. The predicted octanol–water partition coefficient (Wildman–Crippen LogP) is 2.14. The van der Waals surface area contributed by atoms with Crippen molar-refractivity contribution in [3.63, 3.8) is 0 Å². The number of aliphatic hydroxyl groups excluding tert-OH is 1. The van der Waals surface area contributed by atoms with Crippen molar-refractivity contribution in [3.8, 4) is 0 Å². The second-order valence-electron chi connectivity index (χ2n) is 4.99. The fourth-order valence-electron chi connectivity index (χ4n) is 2.38. The molecule has 19 heavy (non-hydrogen) atoms. The molecule has 2 rings (SSSR count). The minimum absolute atomic E-state index is 0.0505. The van der Waals surface area contributed by atoms with Gasteiger partial charge in [0.25, 0.3) is 0 Å². The van der Waals surface area contributed by atoms with Crippen LogP contribution in [0.15, 0.2) is 28.7 Å². The lowest BCUT2D eigenvalue weighted by Gasteiger charge is -2.11. The average Bonchev–Trinajstić information content (AvgIpc) is 2.78. The first kappa shape index (κ1) is 14.5. The molecule has 1 aliphatic carbocycles. The standard InChI is InChI=1S/C14H19BrN2O2/c15-12-3-1-2-4-13(12)17-14(19)9-16-8-10-5-6-11(18)7-10/h1-4,10-11,16,18H,5-9H2,(H,17,19). The van der Waals surface area contributed by atoms with Crippen LogP contribution >= 0.6 is 15.9 Å². The number of hydrogen-bond donors (Lipinski definition) is 3. The molecular weight excluding hydrogens is 308 g/mol. The molecule has 104 valence electrons. The molecule has 0 heterocycles. The Morgan fingerprint density at radius 1 is 1.37 bits per heavy atom. The Hall–Kier alpha value is -0.910. The molecule has 1 fully saturated rings. The van der Waals surface area contributed by atoms with Gasteiger partial charge in [0.15, 0.2) is 0 Å². The molecule has 0 aliphatic heterocycles. The number of halogens is 1. The van der Waals surface area contributed by atoms with E-state index in [1.54, 1.807) is 0 Å². The van der Waals surface area contributed by atoms with E-state index in [9.17, 15) is 9.90 Å². The molecule has 2 atom stereocenters. The second kappa shape index (κ2) is 7.03. The maximum Gasteiger partial charge on any atom is 0.238 e. The van der Waals surface area contributed by atoms with Gasteiger partial charge in [0.2, 0.25) is 5.91 Å². The second-order valence-corrected chi connectivity index (χ2v) is 5.85. The van der Waals surface area contributed by atoms with Gasteiger partial charge in [-0.3, -0.25) is 4.79 Å². The Morgan fingerprint density at radius 2 is 2.16 bits per heavy atom. The maximum atomic E-state index is 11.8. The van der Waals surface area contributed by atoms with E-state index < -0.39 is 0 Å². The summed E-state index contributed by atoms with van der Waals surface area (Å²) in [5, 5.41) is 15.4. The van der Waals surface area contributed by atoms with Crippen molar-refractivity contribution in [2.45, 2.75) is 25.4 Å². The molecule has 3 N–H and O–H groups in total. The number of nitrogens with one attached hydrogen (secondary N) is 2. The van der Waals surface area contributed by atoms with Crippen LogP contribution in [0.1, 0.15) is 19.3 Å². The van der Waals surface area contributed by atoms with Gasteiger partial charge in [0.05, 0.1) is 18.3 Å². The van der Waals surface area contributed by atoms with E-state index in [1.165, 1.54) is 0 Å². The Balaban J connectivity index is 1.69. The van der Waals surface area contributed by atoms with Crippen molar-refractivity contribution >= 4 is 27.5 Å². The van der Waals surface area contributed by atoms with E-state index in [0.29, 0.717) is 12.5 Å². The van der Waals surface area contributed by atoms with Crippen LogP contribution in [-0.4, -0.2) is 30.2 Å². The molecule has 4 nitrogen and oxygen atoms in total. The first-order valence-corrected chi connectivity index (χ1v) is 7.37. The van der Waals surface area contributed by atoms with Gasteiger partial charge in [-0.15, -0.1) is 0 Å². The first-order valence-electron chi connectivity index (χ1n) is 6.58. The molecule has 0 bridgehead atoms. The van der Waals surface area contributed by atoms with Gasteiger partial charge in [-0.2, -0.15) is 0 Å². The highest BCUT2D eigenvalue weighted by Gasteiger charge is 2.22. The van der Waals surface area contributed by atoms with E-state index in [1.807, 2.05) is 24.3 Å². The predicted molar refractivity (Wildman–Crippen MR) is 79.0 cm³/mol. The van der Waals surface area contributed by atoms with Gasteiger partial charge in [-0.05, 0) is 59.8 Å². The zero-order chi connectivity index (χ0) is 13.7. The number of para-hydroxylation sites is 1.